The van der Waals surface area contributed by atoms with E-state index in [1.54, 1.807) is 24.3 Å². The Labute approximate surface area is 176 Å². The van der Waals surface area contributed by atoms with Gasteiger partial charge in [0.05, 0.1) is 32.4 Å². The number of amides is 1. The van der Waals surface area contributed by atoms with Gasteiger partial charge in [-0.15, -0.1) is 0 Å². The van der Waals surface area contributed by atoms with Crippen LogP contribution in [0, 0.1) is 0 Å². The Kier molecular flexibility index (Phi) is 6.86. The fourth-order valence-corrected chi connectivity index (χ4v) is 3.39. The molecule has 2 aliphatic rings. The first-order chi connectivity index (χ1) is 14.6. The zero-order chi connectivity index (χ0) is 22.6. The number of methoxy groups -OCH3 is 1. The topological polar surface area (TPSA) is 107 Å². The second kappa shape index (κ2) is 9.24. The number of rotatable bonds is 6. The third-order valence-corrected chi connectivity index (χ3v) is 5.46. The van der Waals surface area contributed by atoms with Gasteiger partial charge in [0, 0.05) is 18.7 Å². The van der Waals surface area contributed by atoms with Crippen LogP contribution in [0.1, 0.15) is 12.0 Å². The van der Waals surface area contributed by atoms with E-state index in [-0.39, 0.29) is 23.9 Å². The number of carbonyl (C=O) groups excluding carboxylic acids is 1. The van der Waals surface area contributed by atoms with E-state index < -0.39 is 21.9 Å². The molecule has 1 fully saturated rings. The molecule has 1 aromatic rings. The number of carbonyl (C=O) groups is 1. The van der Waals surface area contributed by atoms with Crippen molar-refractivity contribution in [2.75, 3.05) is 33.4 Å². The zero-order valence-electron chi connectivity index (χ0n) is 16.4. The molecule has 9 nitrogen and oxygen atoms in total. The number of halogens is 3. The first-order valence-electron chi connectivity index (χ1n) is 9.14. The molecule has 1 amide bonds. The molecule has 31 heavy (non-hydrogen) atoms. The van der Waals surface area contributed by atoms with Gasteiger partial charge in [-0.2, -0.15) is 21.6 Å². The van der Waals surface area contributed by atoms with Gasteiger partial charge < -0.3 is 19.7 Å². The van der Waals surface area contributed by atoms with Gasteiger partial charge in [-0.05, 0) is 18.2 Å². The van der Waals surface area contributed by atoms with E-state index >= 15 is 0 Å². The third kappa shape index (κ3) is 5.74. The average molecular weight is 463 g/mol. The molecule has 2 aliphatic heterocycles. The van der Waals surface area contributed by atoms with E-state index in [0.717, 1.165) is 6.08 Å². The maximum atomic E-state index is 12.8. The summed E-state index contributed by atoms with van der Waals surface area (Å²) in [5.74, 6) is 0.0940. The molecule has 170 valence electrons. The highest BCUT2D eigenvalue weighted by Gasteiger charge is 2.49. The Morgan fingerprint density at radius 1 is 1.32 bits per heavy atom. The van der Waals surface area contributed by atoms with E-state index in [1.165, 1.54) is 12.0 Å². The molecule has 1 atom stereocenters. The Hall–Kier alpha value is -2.64. The second-order valence-electron chi connectivity index (χ2n) is 6.57. The Morgan fingerprint density at radius 2 is 2.03 bits per heavy atom. The van der Waals surface area contributed by atoms with Crippen molar-refractivity contribution in [2.24, 2.45) is 4.99 Å². The summed E-state index contributed by atoms with van der Waals surface area (Å²) in [6.07, 6.45) is -0.911. The first kappa shape index (κ1) is 23.0. The molecular formula is C18H20F3N3O6S. The lowest BCUT2D eigenvalue weighted by atomic mass is 10.1. The molecular weight excluding hydrogens is 443 g/mol. The second-order valence-corrected chi connectivity index (χ2v) is 8.14. The van der Waals surface area contributed by atoms with E-state index in [0.29, 0.717) is 37.6 Å². The smallest absolute Gasteiger partial charge is 0.497 e. The lowest BCUT2D eigenvalue weighted by Crippen LogP contribution is -2.46. The molecule has 0 aromatic heterocycles. The predicted molar refractivity (Wildman–Crippen MR) is 103 cm³/mol. The van der Waals surface area contributed by atoms with E-state index in [2.05, 4.69) is 14.5 Å². The fourth-order valence-electron chi connectivity index (χ4n) is 2.91. The number of aliphatic imine (C=N–C) groups is 1. The lowest BCUT2D eigenvalue weighted by molar-refractivity contribution is -0.133. The monoisotopic (exact) mass is 463 g/mol. The molecule has 0 radical (unpaired) electrons. The van der Waals surface area contributed by atoms with Crippen molar-refractivity contribution in [3.8, 4) is 5.75 Å². The Balaban J connectivity index is 1.88. The van der Waals surface area contributed by atoms with Crippen LogP contribution in [0.5, 0.6) is 5.75 Å². The number of morpholine rings is 1. The summed E-state index contributed by atoms with van der Waals surface area (Å²) >= 11 is 0. The van der Waals surface area contributed by atoms with Crippen LogP contribution in [0.25, 0.3) is 5.70 Å². The molecule has 1 aromatic carbocycles. The van der Waals surface area contributed by atoms with Crippen LogP contribution in [-0.4, -0.2) is 70.2 Å². The maximum Gasteiger partial charge on any atom is 0.523 e. The molecule has 0 saturated carbocycles. The van der Waals surface area contributed by atoms with Gasteiger partial charge in [0.25, 0.3) is 0 Å². The van der Waals surface area contributed by atoms with Gasteiger partial charge in [-0.3, -0.25) is 4.79 Å². The van der Waals surface area contributed by atoms with Gasteiger partial charge in [-0.1, -0.05) is 12.1 Å². The van der Waals surface area contributed by atoms with Crippen LogP contribution in [0.2, 0.25) is 0 Å². The molecule has 3 rings (SSSR count). The van der Waals surface area contributed by atoms with Crippen LogP contribution in [-0.2, 0) is 23.8 Å². The highest BCUT2D eigenvalue weighted by molar-refractivity contribution is 7.87. The zero-order valence-corrected chi connectivity index (χ0v) is 17.2. The fraction of sp³-hybridized carbons (Fsp3) is 0.444. The molecule has 1 saturated heterocycles. The first-order valence-corrected chi connectivity index (χ1v) is 10.6. The summed E-state index contributed by atoms with van der Waals surface area (Å²) < 4.78 is 75.9. The van der Waals surface area contributed by atoms with Crippen molar-refractivity contribution in [3.63, 3.8) is 0 Å². The van der Waals surface area contributed by atoms with Crippen molar-refractivity contribution in [2.45, 2.75) is 18.2 Å². The minimum absolute atomic E-state index is 0.0285. The van der Waals surface area contributed by atoms with Crippen molar-refractivity contribution in [1.29, 1.82) is 0 Å². The predicted octanol–water partition coefficient (Wildman–Crippen LogP) is 1.48. The van der Waals surface area contributed by atoms with Gasteiger partial charge in [-0.25, -0.2) is 9.18 Å². The number of ether oxygens (including phenoxy) is 2. The minimum atomic E-state index is -5.89. The van der Waals surface area contributed by atoms with Gasteiger partial charge >= 0.3 is 15.6 Å². The minimum Gasteiger partial charge on any atom is -0.497 e. The summed E-state index contributed by atoms with van der Waals surface area (Å²) in [6, 6.07) is 6.46. The van der Waals surface area contributed by atoms with E-state index in [9.17, 15) is 26.4 Å². The van der Waals surface area contributed by atoms with Crippen LogP contribution in [0.15, 0.2) is 35.3 Å². The van der Waals surface area contributed by atoms with Crippen LogP contribution < -0.4 is 10.1 Å². The van der Waals surface area contributed by atoms with Crippen LogP contribution in [0.3, 0.4) is 0 Å². The number of benzene rings is 1. The SMILES string of the molecule is COc1cccc(C2=CC(OS(=O)(=O)C(F)(F)F)NC(CC(=O)N3CCOCC3)=N2)c1. The summed E-state index contributed by atoms with van der Waals surface area (Å²) in [6.45, 7) is 1.48. The largest absolute Gasteiger partial charge is 0.523 e. The molecule has 0 aliphatic carbocycles. The van der Waals surface area contributed by atoms with E-state index in [1.807, 2.05) is 0 Å². The van der Waals surface area contributed by atoms with Crippen molar-refractivity contribution >= 4 is 27.6 Å². The Morgan fingerprint density at radius 3 is 2.68 bits per heavy atom. The number of alkyl halides is 3. The van der Waals surface area contributed by atoms with Crippen molar-refractivity contribution < 1.29 is 40.0 Å². The lowest BCUT2D eigenvalue weighted by Gasteiger charge is -2.28. The van der Waals surface area contributed by atoms with Crippen molar-refractivity contribution in [1.82, 2.24) is 10.2 Å². The summed E-state index contributed by atoms with van der Waals surface area (Å²) in [5, 5.41) is 2.44. The molecule has 1 N–H and O–H groups in total. The Bertz CT molecular complexity index is 987. The van der Waals surface area contributed by atoms with Crippen LogP contribution >= 0.6 is 0 Å². The van der Waals surface area contributed by atoms with Gasteiger partial charge in [0.2, 0.25) is 5.91 Å². The van der Waals surface area contributed by atoms with Gasteiger partial charge in [0.1, 0.15) is 11.6 Å². The third-order valence-electron chi connectivity index (χ3n) is 4.44. The molecule has 0 spiro atoms. The highest BCUT2D eigenvalue weighted by atomic mass is 32.2. The highest BCUT2D eigenvalue weighted by Crippen LogP contribution is 2.28. The number of nitrogens with zero attached hydrogens (tertiary/aromatic N) is 2. The molecule has 13 heteroatoms. The number of hydrogen-bond acceptors (Lipinski definition) is 8. The summed E-state index contributed by atoms with van der Waals surface area (Å²) in [4.78, 5) is 18.3. The van der Waals surface area contributed by atoms with E-state index in [4.69, 9.17) is 9.47 Å². The number of hydrogen-bond donors (Lipinski definition) is 1. The number of amidine groups is 1. The quantitative estimate of drug-likeness (QED) is 0.503. The normalized spacial score (nSPS) is 19.9. The summed E-state index contributed by atoms with van der Waals surface area (Å²) in [5.41, 5.74) is -5.03. The summed E-state index contributed by atoms with van der Waals surface area (Å²) in [7, 11) is -4.45. The van der Waals surface area contributed by atoms with Crippen LogP contribution in [0.4, 0.5) is 13.2 Å². The molecule has 1 unspecified atom stereocenters. The van der Waals surface area contributed by atoms with Gasteiger partial charge in [0.15, 0.2) is 6.23 Å². The molecule has 2 heterocycles. The standard InChI is InChI=1S/C18H20F3N3O6S/c1-28-13-4-2-3-12(9-13)14-10-16(30-31(26,27)18(19,20)21)23-15(22-14)11-17(25)24-5-7-29-8-6-24/h2-4,9-10,16H,5-8,11H2,1H3,(H,22,23). The molecule has 0 bridgehead atoms. The maximum absolute atomic E-state index is 12.8. The number of nitrogens with one attached hydrogen (secondary N) is 1. The van der Waals surface area contributed by atoms with Crippen molar-refractivity contribution in [3.05, 3.63) is 35.9 Å². The average Bonchev–Trinajstić information content (AvgIpc) is 2.73.